The van der Waals surface area contributed by atoms with Crippen LogP contribution in [0, 0.1) is 6.92 Å². The Balaban J connectivity index is 1.01. The third-order valence-corrected chi connectivity index (χ3v) is 14.5. The molecule has 0 bridgehead atoms. The maximum absolute atomic E-state index is 15.6. The first-order chi connectivity index (χ1) is 36.4. The third-order valence-electron chi connectivity index (χ3n) is 13.4. The molecular weight excluding hydrogens is 1010 g/mol. The molecule has 3 heterocycles. The summed E-state index contributed by atoms with van der Waals surface area (Å²) < 4.78 is 9.46. The molecule has 384 valence electrons. The number of aromatic nitrogens is 4. The zero-order valence-electron chi connectivity index (χ0n) is 41.6. The van der Waals surface area contributed by atoms with Gasteiger partial charge in [-0.3, -0.25) is 28.6 Å². The number of fused-ring (bicyclic) bond motifs is 2. The van der Waals surface area contributed by atoms with Gasteiger partial charge in [-0.15, -0.1) is 5.10 Å². The number of amides is 3. The molecule has 3 N–H and O–H groups in total. The van der Waals surface area contributed by atoms with E-state index < -0.39 is 29.7 Å². The van der Waals surface area contributed by atoms with Gasteiger partial charge in [0.1, 0.15) is 22.8 Å². The van der Waals surface area contributed by atoms with Crippen LogP contribution >= 0.6 is 34.8 Å². The van der Waals surface area contributed by atoms with Gasteiger partial charge < -0.3 is 20.5 Å². The fourth-order valence-corrected chi connectivity index (χ4v) is 10.2. The van der Waals surface area contributed by atoms with Crippen molar-refractivity contribution in [3.63, 3.8) is 0 Å². The number of Topliss-reactive ketones (excluding diaryl/α,β-unsaturated/α-hetero) is 1. The average molecular weight is 1070 g/mol. The van der Waals surface area contributed by atoms with Crippen LogP contribution in [-0.2, 0) is 27.2 Å². The van der Waals surface area contributed by atoms with Crippen LogP contribution in [0.3, 0.4) is 0 Å². The number of carbonyl (C=O) groups excluding carboxylic acids is 4. The first-order valence-corrected chi connectivity index (χ1v) is 26.4. The summed E-state index contributed by atoms with van der Waals surface area (Å²) in [5.41, 5.74) is 5.43. The number of phenolic OH excluding ortho intramolecular Hbond substituents is 1. The van der Waals surface area contributed by atoms with E-state index in [0.29, 0.717) is 52.7 Å². The maximum Gasteiger partial charge on any atom is 0.265 e. The SMILES string of the molecule is CCCCCCCCCCC(Oc1ccc(Cc2ccc(O)cc2)cc1)C(=O)Nc1ccc(Cl)c(NC(=O)C(C(=O)c2c3c(n(-c4ccccc4)c2C)N(c2ccccc2)C(=O)C3)n2nnc3cc(Cl)c(Cl)cc32)c1. The first-order valence-electron chi connectivity index (χ1n) is 25.2. The molecule has 13 nitrogen and oxygen atoms in total. The van der Waals surface area contributed by atoms with E-state index in [1.807, 2.05) is 102 Å². The van der Waals surface area contributed by atoms with E-state index in [1.165, 1.54) is 54.6 Å². The molecule has 3 amide bonds. The number of para-hydroxylation sites is 2. The summed E-state index contributed by atoms with van der Waals surface area (Å²) in [7, 11) is 0. The van der Waals surface area contributed by atoms with Gasteiger partial charge >= 0.3 is 0 Å². The van der Waals surface area contributed by atoms with Crippen molar-refractivity contribution >= 4 is 92.2 Å². The quantitative estimate of drug-likeness (QED) is 0.0343. The number of unbranched alkanes of at least 4 members (excludes halogenated alkanes) is 7. The molecule has 0 saturated heterocycles. The molecule has 75 heavy (non-hydrogen) atoms. The van der Waals surface area contributed by atoms with Gasteiger partial charge in [0.2, 0.25) is 5.91 Å². The highest BCUT2D eigenvalue weighted by Gasteiger charge is 2.43. The lowest BCUT2D eigenvalue weighted by Gasteiger charge is -2.21. The molecule has 16 heteroatoms. The number of rotatable bonds is 22. The van der Waals surface area contributed by atoms with E-state index >= 15 is 9.59 Å². The van der Waals surface area contributed by atoms with Crippen molar-refractivity contribution in [3.8, 4) is 17.2 Å². The number of nitrogens with one attached hydrogen (secondary N) is 2. The molecule has 9 rings (SSSR count). The minimum absolute atomic E-state index is 0.0989. The van der Waals surface area contributed by atoms with Crippen molar-refractivity contribution in [2.24, 2.45) is 0 Å². The largest absolute Gasteiger partial charge is 0.508 e. The van der Waals surface area contributed by atoms with Crippen LogP contribution in [0.5, 0.6) is 11.5 Å². The van der Waals surface area contributed by atoms with Gasteiger partial charge in [-0.1, -0.05) is 153 Å². The molecule has 2 aromatic heterocycles. The molecule has 0 fully saturated rings. The predicted octanol–water partition coefficient (Wildman–Crippen LogP) is 14.0. The zero-order chi connectivity index (χ0) is 52.6. The van der Waals surface area contributed by atoms with Gasteiger partial charge in [0.05, 0.1) is 38.4 Å². The van der Waals surface area contributed by atoms with Crippen LogP contribution in [0.25, 0.3) is 16.7 Å². The number of nitrogens with zero attached hydrogens (tertiary/aromatic N) is 5. The van der Waals surface area contributed by atoms with Gasteiger partial charge in [-0.2, -0.15) is 0 Å². The first kappa shape index (κ1) is 52.4. The van der Waals surface area contributed by atoms with Crippen molar-refractivity contribution in [2.75, 3.05) is 15.5 Å². The van der Waals surface area contributed by atoms with Crippen LogP contribution < -0.4 is 20.3 Å². The highest BCUT2D eigenvalue weighted by Crippen LogP contribution is 2.44. The number of phenols is 1. The van der Waals surface area contributed by atoms with E-state index in [0.717, 1.165) is 36.8 Å². The van der Waals surface area contributed by atoms with Crippen molar-refractivity contribution < 1.29 is 29.0 Å². The topological polar surface area (TPSA) is 161 Å². The fraction of sp³-hybridized carbons (Fsp3) is 0.254. The Kier molecular flexibility index (Phi) is 16.7. The van der Waals surface area contributed by atoms with Crippen molar-refractivity contribution in [1.82, 2.24) is 19.6 Å². The average Bonchev–Trinajstić information content (AvgIpc) is 4.05. The highest BCUT2D eigenvalue weighted by molar-refractivity contribution is 6.42. The summed E-state index contributed by atoms with van der Waals surface area (Å²) >= 11 is 19.8. The number of ketones is 1. The number of aromatic hydroxyl groups is 1. The second-order valence-electron chi connectivity index (χ2n) is 18.8. The number of hydrogen-bond donors (Lipinski definition) is 3. The Labute approximate surface area is 450 Å². The number of carbonyl (C=O) groups is 4. The summed E-state index contributed by atoms with van der Waals surface area (Å²) in [5, 5.41) is 24.7. The summed E-state index contributed by atoms with van der Waals surface area (Å²) in [4.78, 5) is 60.6. The third kappa shape index (κ3) is 11.9. The van der Waals surface area contributed by atoms with Crippen molar-refractivity contribution in [2.45, 2.75) is 96.6 Å². The van der Waals surface area contributed by atoms with Crippen LogP contribution in [0.1, 0.15) is 103 Å². The molecular formula is C59H56Cl3N7O6. The number of halogens is 3. The van der Waals surface area contributed by atoms with E-state index in [2.05, 4.69) is 27.9 Å². The Hall–Kier alpha value is -7.45. The van der Waals surface area contributed by atoms with E-state index in [-0.39, 0.29) is 55.4 Å². The Morgan fingerprint density at radius 2 is 1.33 bits per heavy atom. The molecule has 2 atom stereocenters. The van der Waals surface area contributed by atoms with Gasteiger partial charge in [0.15, 0.2) is 17.9 Å². The minimum atomic E-state index is -1.73. The highest BCUT2D eigenvalue weighted by atomic mass is 35.5. The van der Waals surface area contributed by atoms with Gasteiger partial charge in [-0.05, 0) is 116 Å². The molecule has 2 unspecified atom stereocenters. The maximum atomic E-state index is 15.6. The van der Waals surface area contributed by atoms with E-state index in [9.17, 15) is 14.7 Å². The Morgan fingerprint density at radius 3 is 2.01 bits per heavy atom. The monoisotopic (exact) mass is 1060 g/mol. The molecule has 0 saturated carbocycles. The number of ether oxygens (including phenoxy) is 1. The second-order valence-corrected chi connectivity index (χ2v) is 20.0. The van der Waals surface area contributed by atoms with Crippen molar-refractivity contribution in [1.29, 1.82) is 0 Å². The lowest BCUT2D eigenvalue weighted by atomic mass is 9.98. The lowest BCUT2D eigenvalue weighted by molar-refractivity contribution is -0.123. The van der Waals surface area contributed by atoms with Gasteiger partial charge in [-0.25, -0.2) is 4.68 Å². The number of benzene rings is 6. The van der Waals surface area contributed by atoms with Crippen molar-refractivity contribution in [3.05, 3.63) is 183 Å². The fourth-order valence-electron chi connectivity index (χ4n) is 9.68. The standard InChI is InChI=1S/C59H56Cl3N7O6/c1-3-4-5-6-7-8-9-16-21-52(75-44-29-24-39(25-30-44)32-38-22-27-43(70)28-23-38)57(73)63-40-26-31-46(60)49(33-40)64-58(74)55(69-51-36-48(62)47(61)35-50(51)65-66-69)56(72)54-37(2)67(41-17-12-10-13-18-41)59-45(54)34-53(71)68(59)42-19-14-11-15-20-42/h10-15,17-20,22-31,33,35-36,52,55,70H,3-9,16,21,32,34H2,1-2H3,(H,63,73)(H,64,74). The number of anilines is 4. The molecule has 6 aromatic carbocycles. The molecule has 0 radical (unpaired) electrons. The number of hydrogen-bond acceptors (Lipinski definition) is 8. The molecule has 1 aliphatic heterocycles. The predicted molar refractivity (Wildman–Crippen MR) is 296 cm³/mol. The Bertz CT molecular complexity index is 3350. The van der Waals surface area contributed by atoms with Crippen LogP contribution in [0.2, 0.25) is 15.1 Å². The van der Waals surface area contributed by atoms with Crippen LogP contribution in [0.4, 0.5) is 22.9 Å². The Morgan fingerprint density at radius 1 is 0.707 bits per heavy atom. The summed E-state index contributed by atoms with van der Waals surface area (Å²) in [6.45, 7) is 3.98. The smallest absolute Gasteiger partial charge is 0.265 e. The van der Waals surface area contributed by atoms with Crippen LogP contribution in [0.15, 0.2) is 140 Å². The van der Waals surface area contributed by atoms with Gasteiger partial charge in [0, 0.05) is 28.2 Å². The summed E-state index contributed by atoms with van der Waals surface area (Å²) in [6, 6.07) is 39.2. The zero-order valence-corrected chi connectivity index (χ0v) is 43.8. The summed E-state index contributed by atoms with van der Waals surface area (Å²) in [5.74, 6) is -0.938. The molecule has 0 aliphatic carbocycles. The minimum Gasteiger partial charge on any atom is -0.508 e. The normalized spacial score (nSPS) is 12.9. The lowest BCUT2D eigenvalue weighted by Crippen LogP contribution is -2.34. The van der Waals surface area contributed by atoms with E-state index in [4.69, 9.17) is 39.5 Å². The molecule has 0 spiro atoms. The second kappa shape index (κ2) is 23.8. The molecule has 1 aliphatic rings. The summed E-state index contributed by atoms with van der Waals surface area (Å²) in [6.07, 6.45) is 8.87. The van der Waals surface area contributed by atoms with E-state index in [1.54, 1.807) is 30.0 Å². The molecule has 8 aromatic rings. The van der Waals surface area contributed by atoms with Gasteiger partial charge in [0.25, 0.3) is 11.8 Å². The van der Waals surface area contributed by atoms with Crippen LogP contribution in [-0.4, -0.2) is 54.3 Å².